The first kappa shape index (κ1) is 23.5. The number of benzene rings is 3. The first-order valence-electron chi connectivity index (χ1n) is 11.3. The third-order valence-electron chi connectivity index (χ3n) is 6.67. The molecule has 0 unspecified atom stereocenters. The molecule has 5 rings (SSSR count). The van der Waals surface area contributed by atoms with Gasteiger partial charge in [0.1, 0.15) is 12.0 Å². The Hall–Kier alpha value is -2.29. The summed E-state index contributed by atoms with van der Waals surface area (Å²) in [6, 6.07) is 26.0. The molecule has 7 heteroatoms. The van der Waals surface area contributed by atoms with Crippen LogP contribution in [0.4, 0.5) is 11.4 Å². The minimum Gasteiger partial charge on any atom is -0.469 e. The monoisotopic (exact) mass is 588 g/mol. The topological polar surface area (TPSA) is 42.0 Å². The molecule has 176 valence electrons. The van der Waals surface area contributed by atoms with Gasteiger partial charge in [-0.1, -0.05) is 82.2 Å². The van der Waals surface area contributed by atoms with E-state index in [4.69, 9.17) is 21.2 Å². The second-order valence-corrected chi connectivity index (χ2v) is 10.8. The van der Waals surface area contributed by atoms with Gasteiger partial charge in [-0.05, 0) is 48.9 Å². The summed E-state index contributed by atoms with van der Waals surface area (Å²) >= 11 is 8.72. The molecule has 3 aromatic rings. The number of carbonyl (C=O) groups excluding carboxylic acids is 1. The molecule has 34 heavy (non-hydrogen) atoms. The Kier molecular flexibility index (Phi) is 6.73. The Morgan fingerprint density at radius 2 is 1.68 bits per heavy atom. The van der Waals surface area contributed by atoms with Crippen LogP contribution in [0, 0.1) is 12.8 Å². The Morgan fingerprint density at radius 3 is 2.32 bits per heavy atom. The first-order valence-corrected chi connectivity index (χ1v) is 12.9. The number of anilines is 2. The van der Waals surface area contributed by atoms with Gasteiger partial charge in [-0.15, -0.1) is 0 Å². The number of aryl methyl sites for hydroxylation is 1. The predicted molar refractivity (Wildman–Crippen MR) is 144 cm³/mol. The quantitative estimate of drug-likeness (QED) is 0.213. The van der Waals surface area contributed by atoms with E-state index in [2.05, 4.69) is 58.7 Å². The number of methoxy groups -OCH3 is 1. The molecule has 0 radical (unpaired) electrons. The summed E-state index contributed by atoms with van der Waals surface area (Å²) in [5.41, 5.74) is 4.23. The van der Waals surface area contributed by atoms with Crippen molar-refractivity contribution in [2.75, 3.05) is 23.6 Å². The number of esters is 1. The lowest BCUT2D eigenvalue weighted by atomic mass is 9.90. The van der Waals surface area contributed by atoms with Crippen molar-refractivity contribution in [2.45, 2.75) is 29.0 Å². The van der Waals surface area contributed by atoms with Crippen molar-refractivity contribution < 1.29 is 14.4 Å². The lowest BCUT2D eigenvalue weighted by Gasteiger charge is -2.43. The fourth-order valence-corrected chi connectivity index (χ4v) is 6.35. The van der Waals surface area contributed by atoms with E-state index >= 15 is 0 Å². The second kappa shape index (κ2) is 9.76. The van der Waals surface area contributed by atoms with Crippen LogP contribution in [-0.2, 0) is 14.4 Å². The highest BCUT2D eigenvalue weighted by atomic mass is 127. The highest BCUT2D eigenvalue weighted by Crippen LogP contribution is 2.50. The molecule has 0 N–H and O–H groups in total. The fourth-order valence-electron chi connectivity index (χ4n) is 5.11. The molecule has 2 aliphatic rings. The summed E-state index contributed by atoms with van der Waals surface area (Å²) in [6.07, 6.45) is -0.384. The molecular formula is C27H26ClIN2O3. The summed E-state index contributed by atoms with van der Waals surface area (Å²) in [5.74, 6) is -0.788. The molecule has 2 saturated heterocycles. The first-order chi connectivity index (χ1) is 16.5. The van der Waals surface area contributed by atoms with E-state index in [9.17, 15) is 4.79 Å². The van der Waals surface area contributed by atoms with Crippen molar-refractivity contribution in [3.8, 4) is 0 Å². The largest absolute Gasteiger partial charge is 0.469 e. The van der Waals surface area contributed by atoms with Gasteiger partial charge in [0.2, 0.25) is 0 Å². The van der Waals surface area contributed by atoms with Gasteiger partial charge in [0, 0.05) is 10.7 Å². The lowest BCUT2D eigenvalue weighted by molar-refractivity contribution is -0.152. The van der Waals surface area contributed by atoms with Crippen LogP contribution in [0.3, 0.4) is 0 Å². The van der Waals surface area contributed by atoms with E-state index in [1.54, 1.807) is 0 Å². The van der Waals surface area contributed by atoms with Crippen LogP contribution in [0.5, 0.6) is 0 Å². The maximum atomic E-state index is 13.3. The molecule has 0 aliphatic carbocycles. The molecule has 3 aromatic carbocycles. The Balaban J connectivity index is 1.64. The highest BCUT2D eigenvalue weighted by molar-refractivity contribution is 14.1. The average Bonchev–Trinajstić information content (AvgIpc) is 3.20. The van der Waals surface area contributed by atoms with Gasteiger partial charge in [-0.2, -0.15) is 0 Å². The smallest absolute Gasteiger partial charge is 0.313 e. The van der Waals surface area contributed by atoms with Gasteiger partial charge in [-0.25, -0.2) is 0 Å². The molecule has 5 atom stereocenters. The van der Waals surface area contributed by atoms with Crippen LogP contribution in [0.2, 0.25) is 5.02 Å². The highest BCUT2D eigenvalue weighted by Gasteiger charge is 2.59. The van der Waals surface area contributed by atoms with Gasteiger partial charge in [0.05, 0.1) is 35.4 Å². The van der Waals surface area contributed by atoms with Gasteiger partial charge in [0.25, 0.3) is 0 Å². The van der Waals surface area contributed by atoms with Crippen LogP contribution >= 0.6 is 34.2 Å². The van der Waals surface area contributed by atoms with Crippen LogP contribution in [-0.4, -0.2) is 35.7 Å². The van der Waals surface area contributed by atoms with Crippen LogP contribution in [0.1, 0.15) is 17.2 Å². The molecule has 0 bridgehead atoms. The van der Waals surface area contributed by atoms with Crippen molar-refractivity contribution in [3.05, 3.63) is 95.0 Å². The number of ether oxygens (including phenoxy) is 1. The Labute approximate surface area is 218 Å². The number of halogens is 2. The number of nitrogens with zero attached hydrogens (tertiary/aromatic N) is 2. The van der Waals surface area contributed by atoms with Crippen LogP contribution in [0.25, 0.3) is 0 Å². The van der Waals surface area contributed by atoms with Crippen molar-refractivity contribution in [2.24, 2.45) is 5.92 Å². The van der Waals surface area contributed by atoms with E-state index in [0.717, 1.165) is 16.9 Å². The maximum Gasteiger partial charge on any atom is 0.313 e. The molecule has 2 aliphatic heterocycles. The summed E-state index contributed by atoms with van der Waals surface area (Å²) in [6.45, 7) is 2.78. The van der Waals surface area contributed by atoms with E-state index in [0.29, 0.717) is 11.6 Å². The second-order valence-electron chi connectivity index (χ2n) is 8.76. The van der Waals surface area contributed by atoms with Crippen LogP contribution in [0.15, 0.2) is 78.9 Å². The standard InChI is InChI=1S/C27H26ClIN2O3/c1-17-8-14-21(15-9-17)31-24(18-10-12-19(28)13-11-18)23(27(32)33-2)26-25(31)22(29)16-30(34-26)20-6-4-3-5-7-20/h3-15,22-26H,16H2,1-2H3/t22-,23-,24+,25+,26+/m1/s1. The van der Waals surface area contributed by atoms with E-state index in [1.165, 1.54) is 12.7 Å². The van der Waals surface area contributed by atoms with Crippen molar-refractivity contribution in [1.82, 2.24) is 0 Å². The summed E-state index contributed by atoms with van der Waals surface area (Å²) in [5, 5.41) is 2.58. The zero-order valence-corrected chi connectivity index (χ0v) is 21.9. The molecule has 2 heterocycles. The predicted octanol–water partition coefficient (Wildman–Crippen LogP) is 5.99. The molecule has 2 fully saturated rings. The number of para-hydroxylation sites is 1. The molecule has 0 aromatic heterocycles. The third-order valence-corrected chi connectivity index (χ3v) is 8.06. The molecule has 0 saturated carbocycles. The van der Waals surface area contributed by atoms with Crippen LogP contribution < -0.4 is 9.96 Å². The summed E-state index contributed by atoms with van der Waals surface area (Å²) in [4.78, 5) is 22.3. The van der Waals surface area contributed by atoms with Gasteiger partial charge in [-0.3, -0.25) is 14.7 Å². The van der Waals surface area contributed by atoms with Gasteiger partial charge in [0.15, 0.2) is 0 Å². The number of hydroxylamine groups is 1. The fraction of sp³-hybridized carbons (Fsp3) is 0.296. The minimum atomic E-state index is -0.513. The van der Waals surface area contributed by atoms with E-state index < -0.39 is 5.92 Å². The number of hydrogen-bond donors (Lipinski definition) is 0. The molecule has 0 amide bonds. The Morgan fingerprint density at radius 1 is 1.00 bits per heavy atom. The Bertz CT molecular complexity index is 1140. The molecular weight excluding hydrogens is 563 g/mol. The van der Waals surface area contributed by atoms with Gasteiger partial charge < -0.3 is 9.64 Å². The number of carbonyl (C=O) groups is 1. The van der Waals surface area contributed by atoms with E-state index in [1.807, 2.05) is 59.7 Å². The summed E-state index contributed by atoms with van der Waals surface area (Å²) < 4.78 is 5.54. The lowest BCUT2D eigenvalue weighted by Crippen LogP contribution is -2.56. The number of fused-ring (bicyclic) bond motifs is 1. The zero-order valence-electron chi connectivity index (χ0n) is 19.0. The molecule has 0 spiro atoms. The SMILES string of the molecule is COC(=O)[C@H]1[C@@H]2ON(c3ccccc3)C[C@@H](I)[C@@H]2N(c2ccc(C)cc2)[C@H]1c1ccc(Cl)cc1. The van der Waals surface area contributed by atoms with Gasteiger partial charge >= 0.3 is 5.97 Å². The number of hydrogen-bond acceptors (Lipinski definition) is 5. The minimum absolute atomic E-state index is 0.0203. The molecule has 5 nitrogen and oxygen atoms in total. The van der Waals surface area contributed by atoms with E-state index in [-0.39, 0.29) is 28.1 Å². The van der Waals surface area contributed by atoms with Crippen molar-refractivity contribution in [3.63, 3.8) is 0 Å². The normalized spacial score (nSPS) is 26.3. The maximum absolute atomic E-state index is 13.3. The third kappa shape index (κ3) is 4.27. The summed E-state index contributed by atoms with van der Waals surface area (Å²) in [7, 11) is 1.45. The number of rotatable bonds is 4. The number of alkyl halides is 1. The average molecular weight is 589 g/mol. The van der Waals surface area contributed by atoms with Crippen molar-refractivity contribution >= 4 is 51.5 Å². The zero-order chi connectivity index (χ0) is 23.8. The van der Waals surface area contributed by atoms with Crippen molar-refractivity contribution in [1.29, 1.82) is 0 Å².